The molecule has 106 valence electrons. The molecular weight excluding hydrogens is 330 g/mol. The number of rotatable bonds is 2. The van der Waals surface area contributed by atoms with E-state index in [1.54, 1.807) is 6.07 Å². The Balaban J connectivity index is 2.15. The number of hydrogen-bond donors (Lipinski definition) is 3. The Bertz CT molecular complexity index is 576. The second-order valence-corrected chi connectivity index (χ2v) is 5.11. The standard InChI is InChI=1S/C12H12BrN3O4/c13-7-1-2-9(8(5-7)11(18)19)15-12(20)16-4-3-14-10(17)6-16/h1-2,5H,3-4,6H2,(H,14,17)(H,15,20)(H,18,19). The van der Waals surface area contributed by atoms with Crippen LogP contribution in [0.4, 0.5) is 10.5 Å². The molecule has 8 heteroatoms. The second kappa shape index (κ2) is 5.91. The maximum absolute atomic E-state index is 12.0. The molecule has 1 aromatic carbocycles. The molecule has 0 unspecified atom stereocenters. The maximum atomic E-state index is 12.0. The minimum atomic E-state index is -1.14. The van der Waals surface area contributed by atoms with Gasteiger partial charge in [-0.15, -0.1) is 0 Å². The maximum Gasteiger partial charge on any atom is 0.337 e. The SMILES string of the molecule is O=C1CN(C(=O)Nc2ccc(Br)cc2C(=O)O)CCN1. The van der Waals surface area contributed by atoms with Crippen LogP contribution in [0.3, 0.4) is 0 Å². The number of aromatic carboxylic acids is 1. The van der Waals surface area contributed by atoms with Gasteiger partial charge in [0.1, 0.15) is 6.54 Å². The molecule has 20 heavy (non-hydrogen) atoms. The molecular formula is C12H12BrN3O4. The Labute approximate surface area is 123 Å². The number of anilines is 1. The van der Waals surface area contributed by atoms with E-state index >= 15 is 0 Å². The molecule has 1 aromatic rings. The van der Waals surface area contributed by atoms with E-state index in [1.165, 1.54) is 17.0 Å². The average Bonchev–Trinajstić information content (AvgIpc) is 2.40. The number of carbonyl (C=O) groups excluding carboxylic acids is 2. The molecule has 0 radical (unpaired) electrons. The zero-order valence-electron chi connectivity index (χ0n) is 10.4. The quantitative estimate of drug-likeness (QED) is 0.750. The Hall–Kier alpha value is -2.09. The third kappa shape index (κ3) is 3.27. The number of carbonyl (C=O) groups is 3. The molecule has 1 aliphatic rings. The normalized spacial score (nSPS) is 14.7. The lowest BCUT2D eigenvalue weighted by molar-refractivity contribution is -0.123. The first-order valence-electron chi connectivity index (χ1n) is 5.83. The van der Waals surface area contributed by atoms with Crippen LogP contribution in [-0.2, 0) is 4.79 Å². The predicted octanol–water partition coefficient (Wildman–Crippen LogP) is 1.11. The highest BCUT2D eigenvalue weighted by molar-refractivity contribution is 9.10. The van der Waals surface area contributed by atoms with Crippen molar-refractivity contribution in [1.29, 1.82) is 0 Å². The summed E-state index contributed by atoms with van der Waals surface area (Å²) in [5.74, 6) is -1.38. The zero-order valence-corrected chi connectivity index (χ0v) is 11.9. The van der Waals surface area contributed by atoms with Gasteiger partial charge in [0, 0.05) is 17.6 Å². The lowest BCUT2D eigenvalue weighted by Crippen LogP contribution is -2.51. The van der Waals surface area contributed by atoms with Gasteiger partial charge in [0.25, 0.3) is 0 Å². The molecule has 0 saturated carbocycles. The van der Waals surface area contributed by atoms with Gasteiger partial charge in [0.15, 0.2) is 0 Å². The number of urea groups is 1. The zero-order chi connectivity index (χ0) is 14.7. The summed E-state index contributed by atoms with van der Waals surface area (Å²) in [4.78, 5) is 35.7. The summed E-state index contributed by atoms with van der Waals surface area (Å²) in [5, 5.41) is 14.2. The number of benzene rings is 1. The van der Waals surface area contributed by atoms with Crippen LogP contribution >= 0.6 is 15.9 Å². The number of nitrogens with one attached hydrogen (secondary N) is 2. The van der Waals surface area contributed by atoms with Gasteiger partial charge in [-0.05, 0) is 18.2 Å². The van der Waals surface area contributed by atoms with Crippen LogP contribution < -0.4 is 10.6 Å². The van der Waals surface area contributed by atoms with Gasteiger partial charge in [0.2, 0.25) is 5.91 Å². The second-order valence-electron chi connectivity index (χ2n) is 4.20. The third-order valence-electron chi connectivity index (χ3n) is 2.78. The van der Waals surface area contributed by atoms with Gasteiger partial charge in [0.05, 0.1) is 11.3 Å². The van der Waals surface area contributed by atoms with Crippen molar-refractivity contribution in [2.75, 3.05) is 25.0 Å². The van der Waals surface area contributed by atoms with E-state index in [0.717, 1.165) is 0 Å². The highest BCUT2D eigenvalue weighted by Crippen LogP contribution is 2.21. The molecule has 1 heterocycles. The van der Waals surface area contributed by atoms with Crippen molar-refractivity contribution < 1.29 is 19.5 Å². The topological polar surface area (TPSA) is 98.7 Å². The van der Waals surface area contributed by atoms with Gasteiger partial charge >= 0.3 is 12.0 Å². The molecule has 1 fully saturated rings. The first-order valence-corrected chi connectivity index (χ1v) is 6.62. The number of piperazine rings is 1. The Kier molecular flexibility index (Phi) is 4.23. The summed E-state index contributed by atoms with van der Waals surface area (Å²) >= 11 is 3.18. The number of amides is 3. The molecule has 0 bridgehead atoms. The van der Waals surface area contributed by atoms with Crippen molar-refractivity contribution in [3.8, 4) is 0 Å². The fourth-order valence-corrected chi connectivity index (χ4v) is 2.17. The summed E-state index contributed by atoms with van der Waals surface area (Å²) in [6.45, 7) is 0.736. The van der Waals surface area contributed by atoms with E-state index < -0.39 is 12.0 Å². The first kappa shape index (κ1) is 14.3. The minimum absolute atomic E-state index is 0.0193. The van der Waals surface area contributed by atoms with Crippen LogP contribution in [0.25, 0.3) is 0 Å². The summed E-state index contributed by atoms with van der Waals surface area (Å²) in [7, 11) is 0. The van der Waals surface area contributed by atoms with Gasteiger partial charge in [-0.1, -0.05) is 15.9 Å². The number of carboxylic acids is 1. The van der Waals surface area contributed by atoms with Crippen LogP contribution in [0.1, 0.15) is 10.4 Å². The van der Waals surface area contributed by atoms with Crippen LogP contribution in [-0.4, -0.2) is 47.5 Å². The first-order chi connectivity index (χ1) is 9.47. The molecule has 3 amide bonds. The molecule has 0 aliphatic carbocycles. The fourth-order valence-electron chi connectivity index (χ4n) is 1.81. The molecule has 3 N–H and O–H groups in total. The summed E-state index contributed by atoms with van der Waals surface area (Å²) in [6.07, 6.45) is 0. The number of nitrogens with zero attached hydrogens (tertiary/aromatic N) is 1. The monoisotopic (exact) mass is 341 g/mol. The van der Waals surface area contributed by atoms with Crippen molar-refractivity contribution >= 4 is 39.5 Å². The predicted molar refractivity (Wildman–Crippen MR) is 74.7 cm³/mol. The molecule has 0 aromatic heterocycles. The smallest absolute Gasteiger partial charge is 0.337 e. The van der Waals surface area contributed by atoms with Crippen LogP contribution in [0.15, 0.2) is 22.7 Å². The molecule has 1 saturated heterocycles. The molecule has 2 rings (SSSR count). The fraction of sp³-hybridized carbons (Fsp3) is 0.250. The number of halogens is 1. The number of hydrogen-bond acceptors (Lipinski definition) is 3. The lowest BCUT2D eigenvalue weighted by Gasteiger charge is -2.27. The number of carboxylic acid groups (broad SMARTS) is 1. The van der Waals surface area contributed by atoms with E-state index in [2.05, 4.69) is 26.6 Å². The van der Waals surface area contributed by atoms with Gasteiger partial charge in [-0.2, -0.15) is 0 Å². The minimum Gasteiger partial charge on any atom is -0.478 e. The Morgan fingerprint density at radius 1 is 1.40 bits per heavy atom. The van der Waals surface area contributed by atoms with Gasteiger partial charge < -0.3 is 20.6 Å². The molecule has 7 nitrogen and oxygen atoms in total. The Morgan fingerprint density at radius 3 is 2.80 bits per heavy atom. The van der Waals surface area contributed by atoms with Gasteiger partial charge in [-0.3, -0.25) is 4.79 Å². The summed E-state index contributed by atoms with van der Waals surface area (Å²) < 4.78 is 0.602. The van der Waals surface area contributed by atoms with E-state index in [4.69, 9.17) is 5.11 Å². The van der Waals surface area contributed by atoms with Crippen molar-refractivity contribution in [3.63, 3.8) is 0 Å². The van der Waals surface area contributed by atoms with Crippen molar-refractivity contribution in [2.45, 2.75) is 0 Å². The average molecular weight is 342 g/mol. The van der Waals surface area contributed by atoms with E-state index in [9.17, 15) is 14.4 Å². The van der Waals surface area contributed by atoms with Gasteiger partial charge in [-0.25, -0.2) is 9.59 Å². The molecule has 0 atom stereocenters. The lowest BCUT2D eigenvalue weighted by atomic mass is 10.2. The van der Waals surface area contributed by atoms with Crippen LogP contribution in [0.5, 0.6) is 0 Å². The van der Waals surface area contributed by atoms with Crippen molar-refractivity contribution in [3.05, 3.63) is 28.2 Å². The molecule has 0 spiro atoms. The van der Waals surface area contributed by atoms with Crippen LogP contribution in [0, 0.1) is 0 Å². The largest absolute Gasteiger partial charge is 0.478 e. The highest BCUT2D eigenvalue weighted by atomic mass is 79.9. The van der Waals surface area contributed by atoms with E-state index in [0.29, 0.717) is 17.6 Å². The van der Waals surface area contributed by atoms with Crippen molar-refractivity contribution in [2.24, 2.45) is 0 Å². The molecule has 1 aliphatic heterocycles. The van der Waals surface area contributed by atoms with E-state index in [-0.39, 0.29) is 23.7 Å². The van der Waals surface area contributed by atoms with Crippen LogP contribution in [0.2, 0.25) is 0 Å². The summed E-state index contributed by atoms with van der Waals surface area (Å²) in [5.41, 5.74) is 0.172. The highest BCUT2D eigenvalue weighted by Gasteiger charge is 2.22. The Morgan fingerprint density at radius 2 is 2.15 bits per heavy atom. The van der Waals surface area contributed by atoms with Crippen molar-refractivity contribution in [1.82, 2.24) is 10.2 Å². The van der Waals surface area contributed by atoms with E-state index in [1.807, 2.05) is 0 Å². The third-order valence-corrected chi connectivity index (χ3v) is 3.27. The summed E-state index contributed by atoms with van der Waals surface area (Å²) in [6, 6.07) is 4.03.